The van der Waals surface area contributed by atoms with Crippen LogP contribution in [0.4, 0.5) is 5.69 Å². The predicted molar refractivity (Wildman–Crippen MR) is 69.5 cm³/mol. The first-order valence-electron chi connectivity index (χ1n) is 5.58. The van der Waals surface area contributed by atoms with Crippen LogP contribution in [0.1, 0.15) is 21.6 Å². The summed E-state index contributed by atoms with van der Waals surface area (Å²) >= 11 is 0. The SMILES string of the molecule is Cc1ccc(C#CCO)cc1NC(=O)c1cn[nH]n1. The Bertz CT molecular complexity index is 638. The van der Waals surface area contributed by atoms with Gasteiger partial charge in [0, 0.05) is 11.3 Å². The minimum Gasteiger partial charge on any atom is -0.384 e. The summed E-state index contributed by atoms with van der Waals surface area (Å²) in [6.45, 7) is 1.68. The Hall–Kier alpha value is -2.65. The number of carbonyl (C=O) groups is 1. The topological polar surface area (TPSA) is 90.9 Å². The van der Waals surface area contributed by atoms with Gasteiger partial charge < -0.3 is 10.4 Å². The van der Waals surface area contributed by atoms with Crippen LogP contribution in [0, 0.1) is 18.8 Å². The molecule has 19 heavy (non-hydrogen) atoms. The lowest BCUT2D eigenvalue weighted by Crippen LogP contribution is -2.13. The number of anilines is 1. The minimum absolute atomic E-state index is 0.200. The van der Waals surface area contributed by atoms with Crippen LogP contribution in [0.15, 0.2) is 24.4 Å². The molecule has 0 saturated carbocycles. The first-order valence-corrected chi connectivity index (χ1v) is 5.58. The number of aliphatic hydroxyl groups excluding tert-OH is 1. The van der Waals surface area contributed by atoms with Gasteiger partial charge in [0.15, 0.2) is 5.69 Å². The highest BCUT2D eigenvalue weighted by molar-refractivity contribution is 6.03. The Morgan fingerprint density at radius 2 is 2.37 bits per heavy atom. The van der Waals surface area contributed by atoms with E-state index in [2.05, 4.69) is 32.6 Å². The fourth-order valence-electron chi connectivity index (χ4n) is 1.47. The summed E-state index contributed by atoms with van der Waals surface area (Å²) in [6.07, 6.45) is 1.35. The average Bonchev–Trinajstić information content (AvgIpc) is 2.93. The molecule has 96 valence electrons. The zero-order valence-electron chi connectivity index (χ0n) is 10.3. The van der Waals surface area contributed by atoms with Crippen LogP contribution in [0.3, 0.4) is 0 Å². The monoisotopic (exact) mass is 256 g/mol. The molecule has 0 unspecified atom stereocenters. The third-order valence-electron chi connectivity index (χ3n) is 2.45. The number of hydrogen-bond acceptors (Lipinski definition) is 4. The lowest BCUT2D eigenvalue weighted by molar-refractivity contribution is 0.102. The highest BCUT2D eigenvalue weighted by Gasteiger charge is 2.10. The highest BCUT2D eigenvalue weighted by atomic mass is 16.2. The van der Waals surface area contributed by atoms with Crippen molar-refractivity contribution in [3.05, 3.63) is 41.2 Å². The zero-order chi connectivity index (χ0) is 13.7. The number of hydrogen-bond donors (Lipinski definition) is 3. The van der Waals surface area contributed by atoms with Gasteiger partial charge in [-0.3, -0.25) is 4.79 Å². The lowest BCUT2D eigenvalue weighted by atomic mass is 10.1. The number of benzene rings is 1. The van der Waals surface area contributed by atoms with E-state index in [-0.39, 0.29) is 18.2 Å². The van der Waals surface area contributed by atoms with Gasteiger partial charge in [-0.1, -0.05) is 17.9 Å². The maximum atomic E-state index is 11.8. The highest BCUT2D eigenvalue weighted by Crippen LogP contribution is 2.17. The largest absolute Gasteiger partial charge is 0.384 e. The normalized spacial score (nSPS) is 9.58. The molecule has 0 saturated heterocycles. The number of H-pyrrole nitrogens is 1. The summed E-state index contributed by atoms with van der Waals surface area (Å²) in [4.78, 5) is 11.8. The van der Waals surface area contributed by atoms with Crippen LogP contribution >= 0.6 is 0 Å². The molecular formula is C13H12N4O2. The Morgan fingerprint density at radius 1 is 1.53 bits per heavy atom. The van der Waals surface area contributed by atoms with Gasteiger partial charge in [0.1, 0.15) is 6.61 Å². The van der Waals surface area contributed by atoms with Crippen LogP contribution in [0.25, 0.3) is 0 Å². The predicted octanol–water partition coefficient (Wildman–Crippen LogP) is 0.709. The molecule has 1 aromatic carbocycles. The molecule has 0 spiro atoms. The number of nitrogens with zero attached hydrogens (tertiary/aromatic N) is 2. The molecule has 0 fully saturated rings. The molecule has 3 N–H and O–H groups in total. The van der Waals surface area contributed by atoms with E-state index in [1.54, 1.807) is 6.07 Å². The minimum atomic E-state index is -0.343. The van der Waals surface area contributed by atoms with Gasteiger partial charge in [-0.2, -0.15) is 15.4 Å². The van der Waals surface area contributed by atoms with Crippen LogP contribution in [0.2, 0.25) is 0 Å². The number of nitrogens with one attached hydrogen (secondary N) is 2. The van der Waals surface area contributed by atoms with Gasteiger partial charge in [-0.25, -0.2) is 0 Å². The van der Waals surface area contributed by atoms with Crippen molar-refractivity contribution >= 4 is 11.6 Å². The second kappa shape index (κ2) is 5.80. The zero-order valence-corrected chi connectivity index (χ0v) is 10.3. The van der Waals surface area contributed by atoms with E-state index in [1.807, 2.05) is 19.1 Å². The van der Waals surface area contributed by atoms with Gasteiger partial charge in [0.25, 0.3) is 5.91 Å². The Morgan fingerprint density at radius 3 is 3.05 bits per heavy atom. The van der Waals surface area contributed by atoms with Gasteiger partial charge >= 0.3 is 0 Å². The molecule has 0 bridgehead atoms. The molecule has 6 nitrogen and oxygen atoms in total. The molecule has 6 heteroatoms. The molecule has 2 rings (SSSR count). The van der Waals surface area contributed by atoms with Crippen LogP contribution in [0.5, 0.6) is 0 Å². The van der Waals surface area contributed by atoms with Crippen molar-refractivity contribution in [3.8, 4) is 11.8 Å². The standard InChI is InChI=1S/C13H12N4O2/c1-9-4-5-10(3-2-6-18)7-11(9)15-13(19)12-8-14-17-16-12/h4-5,7-8,18H,6H2,1H3,(H,15,19)(H,14,16,17). The molecule has 0 aliphatic rings. The van der Waals surface area contributed by atoms with Crippen LogP contribution in [-0.4, -0.2) is 33.0 Å². The van der Waals surface area contributed by atoms with Crippen molar-refractivity contribution in [2.45, 2.75) is 6.92 Å². The second-order valence-electron chi connectivity index (χ2n) is 3.80. The van der Waals surface area contributed by atoms with E-state index in [9.17, 15) is 4.79 Å². The first kappa shape index (κ1) is 12.8. The third-order valence-corrected chi connectivity index (χ3v) is 2.45. The smallest absolute Gasteiger partial charge is 0.277 e. The van der Waals surface area contributed by atoms with Crippen LogP contribution < -0.4 is 5.32 Å². The number of aryl methyl sites for hydroxylation is 1. The van der Waals surface area contributed by atoms with Gasteiger partial charge in [0.2, 0.25) is 0 Å². The number of aliphatic hydroxyl groups is 1. The maximum Gasteiger partial charge on any atom is 0.277 e. The van der Waals surface area contributed by atoms with Crippen molar-refractivity contribution in [1.29, 1.82) is 0 Å². The van der Waals surface area contributed by atoms with Crippen molar-refractivity contribution < 1.29 is 9.90 Å². The van der Waals surface area contributed by atoms with Crippen molar-refractivity contribution in [2.75, 3.05) is 11.9 Å². The Labute approximate surface area is 109 Å². The molecule has 2 aromatic rings. The third kappa shape index (κ3) is 3.18. The summed E-state index contributed by atoms with van der Waals surface area (Å²) in [6, 6.07) is 5.42. The summed E-state index contributed by atoms with van der Waals surface area (Å²) in [7, 11) is 0. The van der Waals surface area contributed by atoms with Crippen molar-refractivity contribution in [3.63, 3.8) is 0 Å². The summed E-state index contributed by atoms with van der Waals surface area (Å²) in [5, 5.41) is 21.1. The lowest BCUT2D eigenvalue weighted by Gasteiger charge is -2.07. The second-order valence-corrected chi connectivity index (χ2v) is 3.80. The summed E-state index contributed by atoms with van der Waals surface area (Å²) in [5.41, 5.74) is 2.49. The molecule has 0 atom stereocenters. The van der Waals surface area contributed by atoms with E-state index in [4.69, 9.17) is 5.11 Å². The molecular weight excluding hydrogens is 244 g/mol. The molecule has 1 aromatic heterocycles. The summed E-state index contributed by atoms with van der Waals surface area (Å²) < 4.78 is 0. The first-order chi connectivity index (χ1) is 9.20. The van der Waals surface area contributed by atoms with Crippen LogP contribution in [-0.2, 0) is 0 Å². The molecule has 0 aliphatic heterocycles. The quantitative estimate of drug-likeness (QED) is 0.690. The fourth-order valence-corrected chi connectivity index (χ4v) is 1.47. The molecule has 1 amide bonds. The maximum absolute atomic E-state index is 11.8. The average molecular weight is 256 g/mol. The van der Waals surface area contributed by atoms with E-state index in [1.165, 1.54) is 6.20 Å². The molecule has 0 aliphatic carbocycles. The van der Waals surface area contributed by atoms with E-state index >= 15 is 0 Å². The number of carbonyl (C=O) groups excluding carboxylic acids is 1. The number of rotatable bonds is 2. The van der Waals surface area contributed by atoms with E-state index in [0.717, 1.165) is 11.1 Å². The van der Waals surface area contributed by atoms with Gasteiger partial charge in [0.05, 0.1) is 6.20 Å². The summed E-state index contributed by atoms with van der Waals surface area (Å²) in [5.74, 6) is 5.00. The van der Waals surface area contributed by atoms with Crippen molar-refractivity contribution in [2.24, 2.45) is 0 Å². The Kier molecular flexibility index (Phi) is 3.90. The van der Waals surface area contributed by atoms with Crippen molar-refractivity contribution in [1.82, 2.24) is 15.4 Å². The number of aromatic nitrogens is 3. The molecule has 1 heterocycles. The molecule has 0 radical (unpaired) electrons. The Balaban J connectivity index is 2.22. The number of amides is 1. The fraction of sp³-hybridized carbons (Fsp3) is 0.154. The van der Waals surface area contributed by atoms with E-state index in [0.29, 0.717) is 5.69 Å². The van der Waals surface area contributed by atoms with E-state index < -0.39 is 0 Å². The van der Waals surface area contributed by atoms with Gasteiger partial charge in [-0.05, 0) is 24.6 Å². The van der Waals surface area contributed by atoms with Gasteiger partial charge in [-0.15, -0.1) is 0 Å². The number of aromatic amines is 1.